The maximum Gasteiger partial charge on any atom is 0.221 e. The number of benzene rings is 1. The molecule has 0 unspecified atom stereocenters. The van der Waals surface area contributed by atoms with Gasteiger partial charge in [-0.2, -0.15) is 4.98 Å². The molecule has 2 heterocycles. The van der Waals surface area contributed by atoms with Gasteiger partial charge in [-0.1, -0.05) is 30.3 Å². The molecule has 4 nitrogen and oxygen atoms in total. The SMILES string of the molecule is Nc1ncc2c(-c3ccccc3)c[nH]c2n1. The fraction of sp³-hybridized carbons (Fsp3) is 0. The highest BCUT2D eigenvalue weighted by molar-refractivity contribution is 5.93. The zero-order valence-electron chi connectivity index (χ0n) is 8.51. The monoisotopic (exact) mass is 210 g/mol. The Hall–Kier alpha value is -2.36. The highest BCUT2D eigenvalue weighted by Crippen LogP contribution is 2.26. The number of aromatic nitrogens is 3. The summed E-state index contributed by atoms with van der Waals surface area (Å²) in [7, 11) is 0. The lowest BCUT2D eigenvalue weighted by atomic mass is 10.1. The average molecular weight is 210 g/mol. The molecule has 16 heavy (non-hydrogen) atoms. The second kappa shape index (κ2) is 3.34. The van der Waals surface area contributed by atoms with E-state index in [1.54, 1.807) is 6.20 Å². The molecule has 0 saturated heterocycles. The van der Waals surface area contributed by atoms with Crippen molar-refractivity contribution in [3.05, 3.63) is 42.7 Å². The molecule has 0 bridgehead atoms. The van der Waals surface area contributed by atoms with E-state index in [0.717, 1.165) is 22.2 Å². The van der Waals surface area contributed by atoms with Crippen LogP contribution in [0.4, 0.5) is 5.95 Å². The molecule has 0 aliphatic carbocycles. The molecule has 78 valence electrons. The Kier molecular flexibility index (Phi) is 1.86. The summed E-state index contributed by atoms with van der Waals surface area (Å²) in [6, 6.07) is 10.1. The Morgan fingerprint density at radius 3 is 2.75 bits per heavy atom. The lowest BCUT2D eigenvalue weighted by molar-refractivity contribution is 1.22. The predicted molar refractivity (Wildman–Crippen MR) is 63.7 cm³/mol. The number of anilines is 1. The van der Waals surface area contributed by atoms with Crippen molar-refractivity contribution in [2.24, 2.45) is 0 Å². The van der Waals surface area contributed by atoms with Gasteiger partial charge in [0.2, 0.25) is 5.95 Å². The molecule has 0 spiro atoms. The van der Waals surface area contributed by atoms with Crippen LogP contribution in [0.25, 0.3) is 22.2 Å². The number of nitrogen functional groups attached to an aromatic ring is 1. The third-order valence-corrected chi connectivity index (χ3v) is 2.54. The van der Waals surface area contributed by atoms with Crippen LogP contribution in [0.2, 0.25) is 0 Å². The summed E-state index contributed by atoms with van der Waals surface area (Å²) in [5, 5.41) is 0.986. The van der Waals surface area contributed by atoms with Crippen molar-refractivity contribution in [3.8, 4) is 11.1 Å². The summed E-state index contributed by atoms with van der Waals surface area (Å²) in [5.41, 5.74) is 8.53. The van der Waals surface area contributed by atoms with E-state index in [0.29, 0.717) is 0 Å². The third kappa shape index (κ3) is 1.32. The number of fused-ring (bicyclic) bond motifs is 1. The molecule has 0 atom stereocenters. The number of nitrogens with two attached hydrogens (primary N) is 1. The van der Waals surface area contributed by atoms with Crippen molar-refractivity contribution >= 4 is 17.0 Å². The standard InChI is InChI=1S/C12H10N4/c13-12-15-7-10-9(6-14-11(10)16-12)8-4-2-1-3-5-8/h1-7H,(H3,13,14,15,16). The average Bonchev–Trinajstić information content (AvgIpc) is 2.73. The summed E-state index contributed by atoms with van der Waals surface area (Å²) in [6.07, 6.45) is 3.67. The molecule has 0 fully saturated rings. The van der Waals surface area contributed by atoms with E-state index in [1.807, 2.05) is 24.4 Å². The minimum absolute atomic E-state index is 0.286. The summed E-state index contributed by atoms with van der Waals surface area (Å²) < 4.78 is 0. The van der Waals surface area contributed by atoms with Gasteiger partial charge in [-0.15, -0.1) is 0 Å². The smallest absolute Gasteiger partial charge is 0.221 e. The third-order valence-electron chi connectivity index (χ3n) is 2.54. The molecule has 0 saturated carbocycles. The summed E-state index contributed by atoms with van der Waals surface area (Å²) in [5.74, 6) is 0.286. The number of hydrogen-bond donors (Lipinski definition) is 2. The number of H-pyrrole nitrogens is 1. The Bertz CT molecular complexity index is 628. The first-order chi connectivity index (χ1) is 7.84. The van der Waals surface area contributed by atoms with Gasteiger partial charge < -0.3 is 10.7 Å². The Balaban J connectivity index is 2.26. The molecule has 2 aromatic heterocycles. The maximum atomic E-state index is 5.53. The molecule has 0 amide bonds. The van der Waals surface area contributed by atoms with Crippen molar-refractivity contribution in [1.29, 1.82) is 0 Å². The summed E-state index contributed by atoms with van der Waals surface area (Å²) in [4.78, 5) is 11.2. The summed E-state index contributed by atoms with van der Waals surface area (Å²) in [6.45, 7) is 0. The molecule has 3 rings (SSSR count). The quantitative estimate of drug-likeness (QED) is 0.647. The van der Waals surface area contributed by atoms with Crippen LogP contribution < -0.4 is 5.73 Å². The zero-order chi connectivity index (χ0) is 11.0. The lowest BCUT2D eigenvalue weighted by Gasteiger charge is -1.98. The van der Waals surface area contributed by atoms with E-state index >= 15 is 0 Å². The molecule has 3 aromatic rings. The maximum absolute atomic E-state index is 5.53. The van der Waals surface area contributed by atoms with Gasteiger partial charge in [-0.3, -0.25) is 0 Å². The Labute approximate surface area is 92.2 Å². The van der Waals surface area contributed by atoms with Gasteiger partial charge in [0.25, 0.3) is 0 Å². The second-order valence-corrected chi connectivity index (χ2v) is 3.56. The highest BCUT2D eigenvalue weighted by Gasteiger charge is 2.06. The van der Waals surface area contributed by atoms with Gasteiger partial charge in [0.1, 0.15) is 5.65 Å². The van der Waals surface area contributed by atoms with Gasteiger partial charge >= 0.3 is 0 Å². The van der Waals surface area contributed by atoms with Gasteiger partial charge in [0, 0.05) is 23.3 Å². The van der Waals surface area contributed by atoms with Crippen LogP contribution in [-0.2, 0) is 0 Å². The van der Waals surface area contributed by atoms with E-state index in [1.165, 1.54) is 0 Å². The molecular weight excluding hydrogens is 200 g/mol. The van der Waals surface area contributed by atoms with Crippen molar-refractivity contribution in [2.75, 3.05) is 5.73 Å². The van der Waals surface area contributed by atoms with Crippen molar-refractivity contribution in [3.63, 3.8) is 0 Å². The molecular formula is C12H10N4. The van der Waals surface area contributed by atoms with Gasteiger partial charge in [-0.05, 0) is 5.56 Å². The molecule has 0 aliphatic heterocycles. The van der Waals surface area contributed by atoms with Crippen LogP contribution in [0.5, 0.6) is 0 Å². The first-order valence-corrected chi connectivity index (χ1v) is 4.99. The van der Waals surface area contributed by atoms with Crippen LogP contribution in [0, 0.1) is 0 Å². The van der Waals surface area contributed by atoms with E-state index < -0.39 is 0 Å². The molecule has 0 aliphatic rings. The van der Waals surface area contributed by atoms with E-state index in [9.17, 15) is 0 Å². The van der Waals surface area contributed by atoms with Crippen LogP contribution in [-0.4, -0.2) is 15.0 Å². The Morgan fingerprint density at radius 1 is 1.12 bits per heavy atom. The van der Waals surface area contributed by atoms with E-state index in [4.69, 9.17) is 5.73 Å². The van der Waals surface area contributed by atoms with Gasteiger partial charge in [0.05, 0.1) is 0 Å². The zero-order valence-corrected chi connectivity index (χ0v) is 8.51. The predicted octanol–water partition coefficient (Wildman–Crippen LogP) is 2.21. The van der Waals surface area contributed by atoms with E-state index in [2.05, 4.69) is 27.1 Å². The molecule has 4 heteroatoms. The second-order valence-electron chi connectivity index (χ2n) is 3.56. The first-order valence-electron chi connectivity index (χ1n) is 4.99. The van der Waals surface area contributed by atoms with Crippen LogP contribution in [0.1, 0.15) is 0 Å². The van der Waals surface area contributed by atoms with Crippen molar-refractivity contribution in [1.82, 2.24) is 15.0 Å². The van der Waals surface area contributed by atoms with E-state index in [-0.39, 0.29) is 5.95 Å². The molecule has 0 radical (unpaired) electrons. The normalized spacial score (nSPS) is 10.8. The first kappa shape index (κ1) is 8.91. The molecule has 3 N–H and O–H groups in total. The fourth-order valence-corrected chi connectivity index (χ4v) is 1.78. The van der Waals surface area contributed by atoms with Crippen molar-refractivity contribution in [2.45, 2.75) is 0 Å². The number of nitrogens with zero attached hydrogens (tertiary/aromatic N) is 2. The largest absolute Gasteiger partial charge is 0.368 e. The summed E-state index contributed by atoms with van der Waals surface area (Å²) >= 11 is 0. The number of aromatic amines is 1. The minimum Gasteiger partial charge on any atom is -0.368 e. The molecule has 1 aromatic carbocycles. The lowest BCUT2D eigenvalue weighted by Crippen LogP contribution is -1.93. The minimum atomic E-state index is 0.286. The van der Waals surface area contributed by atoms with Gasteiger partial charge in [0.15, 0.2) is 0 Å². The van der Waals surface area contributed by atoms with Crippen LogP contribution in [0.3, 0.4) is 0 Å². The number of rotatable bonds is 1. The van der Waals surface area contributed by atoms with Crippen molar-refractivity contribution < 1.29 is 0 Å². The number of hydrogen-bond acceptors (Lipinski definition) is 3. The highest BCUT2D eigenvalue weighted by atomic mass is 15.0. The van der Waals surface area contributed by atoms with Gasteiger partial charge in [-0.25, -0.2) is 4.98 Å². The fourth-order valence-electron chi connectivity index (χ4n) is 1.78. The number of nitrogens with one attached hydrogen (secondary N) is 1. The Morgan fingerprint density at radius 2 is 1.94 bits per heavy atom. The van der Waals surface area contributed by atoms with Crippen LogP contribution in [0.15, 0.2) is 42.7 Å². The topological polar surface area (TPSA) is 67.6 Å². The van der Waals surface area contributed by atoms with Crippen LogP contribution >= 0.6 is 0 Å².